The Morgan fingerprint density at radius 2 is 1.50 bits per heavy atom. The largest absolute Gasteiger partial charge is 0.481 e. The second-order valence-electron chi connectivity index (χ2n) is 4.32. The maximum atomic E-state index is 10.7. The molecule has 0 saturated carbocycles. The summed E-state index contributed by atoms with van der Waals surface area (Å²) in [7, 11) is 2.98. The average Bonchev–Trinajstić information content (AvgIpc) is 2.27. The molecule has 0 aliphatic heterocycles. The van der Waals surface area contributed by atoms with Crippen molar-refractivity contribution in [3.63, 3.8) is 0 Å². The van der Waals surface area contributed by atoms with Gasteiger partial charge in [-0.05, 0) is 27.7 Å². The van der Waals surface area contributed by atoms with Gasteiger partial charge in [0.15, 0.2) is 0 Å². The van der Waals surface area contributed by atoms with Crippen LogP contribution in [0.2, 0.25) is 0 Å². The number of aliphatic carboxylic acids is 1. The van der Waals surface area contributed by atoms with Crippen LogP contribution in [-0.2, 0) is 23.9 Å². The molecule has 0 rings (SSSR count). The number of rotatable bonds is 7. The van der Waals surface area contributed by atoms with Crippen LogP contribution in [0.3, 0.4) is 0 Å². The summed E-state index contributed by atoms with van der Waals surface area (Å²) < 4.78 is 9.57. The van der Waals surface area contributed by atoms with Crippen molar-refractivity contribution in [1.29, 1.82) is 0 Å². The van der Waals surface area contributed by atoms with E-state index >= 15 is 0 Å². The van der Waals surface area contributed by atoms with E-state index in [9.17, 15) is 14.4 Å². The van der Waals surface area contributed by atoms with Crippen LogP contribution in [0, 0.1) is 5.92 Å². The summed E-state index contributed by atoms with van der Waals surface area (Å²) in [4.78, 5) is 31.5. The number of Topliss-reactive ketones (excluding diaryl/α,β-unsaturated/α-hetero) is 2. The molecule has 0 bridgehead atoms. The summed E-state index contributed by atoms with van der Waals surface area (Å²) in [6, 6.07) is 0. The fourth-order valence-corrected chi connectivity index (χ4v) is 1.33. The van der Waals surface area contributed by atoms with Gasteiger partial charge >= 0.3 is 5.97 Å². The standard InChI is InChI=1S/C7H12O4.C6H12O2.B/c1-4(8)6(7(9)10)5(2)11-3;1-5(7)4-6(2)8-3;/h5-6H,1-3H3,(H,9,10);6H,4H2,1-3H3;. The van der Waals surface area contributed by atoms with Crippen LogP contribution < -0.4 is 0 Å². The number of ketones is 2. The molecule has 0 heterocycles. The van der Waals surface area contributed by atoms with Crippen LogP contribution in [0.15, 0.2) is 0 Å². The molecular weight excluding hydrogens is 263 g/mol. The number of ether oxygens (including phenoxy) is 2. The van der Waals surface area contributed by atoms with Crippen LogP contribution in [0.25, 0.3) is 0 Å². The Kier molecular flexibility index (Phi) is 15.3. The number of carbonyl (C=O) groups is 3. The highest BCUT2D eigenvalue weighted by molar-refractivity contribution is 5.97. The third-order valence-corrected chi connectivity index (χ3v) is 2.52. The third kappa shape index (κ3) is 11.9. The Morgan fingerprint density at radius 1 is 1.05 bits per heavy atom. The van der Waals surface area contributed by atoms with Gasteiger partial charge in [0.05, 0.1) is 12.2 Å². The first-order chi connectivity index (χ1) is 8.67. The molecule has 6 nitrogen and oxygen atoms in total. The second-order valence-corrected chi connectivity index (χ2v) is 4.32. The van der Waals surface area contributed by atoms with E-state index in [-0.39, 0.29) is 26.1 Å². The maximum Gasteiger partial charge on any atom is 0.316 e. The van der Waals surface area contributed by atoms with Gasteiger partial charge in [-0.2, -0.15) is 0 Å². The van der Waals surface area contributed by atoms with Crippen molar-refractivity contribution in [2.24, 2.45) is 5.92 Å². The third-order valence-electron chi connectivity index (χ3n) is 2.52. The highest BCUT2D eigenvalue weighted by atomic mass is 16.5. The topological polar surface area (TPSA) is 89.9 Å². The molecule has 0 fully saturated rings. The Morgan fingerprint density at radius 3 is 1.60 bits per heavy atom. The molecule has 115 valence electrons. The van der Waals surface area contributed by atoms with E-state index in [2.05, 4.69) is 0 Å². The molecule has 0 aromatic heterocycles. The van der Waals surface area contributed by atoms with Crippen molar-refractivity contribution in [3.8, 4) is 0 Å². The molecule has 0 aromatic carbocycles. The van der Waals surface area contributed by atoms with Crippen molar-refractivity contribution in [2.75, 3.05) is 14.2 Å². The molecule has 0 saturated heterocycles. The number of carboxylic acids is 1. The molecule has 1 N–H and O–H groups in total. The summed E-state index contributed by atoms with van der Waals surface area (Å²) >= 11 is 0. The van der Waals surface area contributed by atoms with Crippen LogP contribution in [0.4, 0.5) is 0 Å². The lowest BCUT2D eigenvalue weighted by Crippen LogP contribution is -2.32. The lowest BCUT2D eigenvalue weighted by Gasteiger charge is -2.15. The quantitative estimate of drug-likeness (QED) is 0.553. The summed E-state index contributed by atoms with van der Waals surface area (Å²) in [6.45, 7) is 6.24. The summed E-state index contributed by atoms with van der Waals surface area (Å²) in [5.41, 5.74) is 0. The molecule has 3 atom stereocenters. The van der Waals surface area contributed by atoms with Crippen molar-refractivity contribution in [1.82, 2.24) is 0 Å². The lowest BCUT2D eigenvalue weighted by atomic mass is 10.00. The minimum Gasteiger partial charge on any atom is -0.481 e. The van der Waals surface area contributed by atoms with Crippen molar-refractivity contribution < 1.29 is 29.0 Å². The van der Waals surface area contributed by atoms with Gasteiger partial charge in [-0.1, -0.05) is 0 Å². The Hall–Kier alpha value is -1.21. The zero-order chi connectivity index (χ0) is 15.6. The number of carboxylic acid groups (broad SMARTS) is 1. The van der Waals surface area contributed by atoms with Gasteiger partial charge in [0.25, 0.3) is 0 Å². The van der Waals surface area contributed by atoms with Gasteiger partial charge in [-0.3, -0.25) is 14.4 Å². The van der Waals surface area contributed by atoms with E-state index in [1.54, 1.807) is 21.0 Å². The van der Waals surface area contributed by atoms with E-state index < -0.39 is 18.0 Å². The smallest absolute Gasteiger partial charge is 0.316 e. The lowest BCUT2D eigenvalue weighted by molar-refractivity contribution is -0.150. The second kappa shape index (κ2) is 12.8. The number of methoxy groups -OCH3 is 2. The highest BCUT2D eigenvalue weighted by Gasteiger charge is 2.28. The molecule has 3 unspecified atom stereocenters. The predicted octanol–water partition coefficient (Wildman–Crippen LogP) is 0.931. The average molecular weight is 287 g/mol. The highest BCUT2D eigenvalue weighted by Crippen LogP contribution is 2.08. The van der Waals surface area contributed by atoms with E-state index in [0.717, 1.165) is 0 Å². The van der Waals surface area contributed by atoms with Crippen molar-refractivity contribution in [3.05, 3.63) is 0 Å². The molecule has 0 aliphatic rings. The van der Waals surface area contributed by atoms with E-state index in [0.29, 0.717) is 6.42 Å². The number of hydrogen-bond acceptors (Lipinski definition) is 5. The van der Waals surface area contributed by atoms with Gasteiger partial charge in [-0.15, -0.1) is 0 Å². The Bertz CT molecular complexity index is 291. The maximum absolute atomic E-state index is 10.7. The zero-order valence-corrected chi connectivity index (χ0v) is 13.0. The van der Waals surface area contributed by atoms with E-state index in [1.807, 2.05) is 6.92 Å². The van der Waals surface area contributed by atoms with Gasteiger partial charge in [0.2, 0.25) is 0 Å². The molecular formula is C13H24BO6. The van der Waals surface area contributed by atoms with Crippen LogP contribution in [-0.4, -0.2) is 57.5 Å². The van der Waals surface area contributed by atoms with E-state index in [4.69, 9.17) is 14.6 Å². The number of hydrogen-bond donors (Lipinski definition) is 1. The first-order valence-electron chi connectivity index (χ1n) is 5.95. The first-order valence-corrected chi connectivity index (χ1v) is 5.95. The van der Waals surface area contributed by atoms with Crippen LogP contribution >= 0.6 is 0 Å². The fraction of sp³-hybridized carbons (Fsp3) is 0.769. The number of carbonyl (C=O) groups excluding carboxylic acids is 2. The van der Waals surface area contributed by atoms with Gasteiger partial charge in [0, 0.05) is 29.1 Å². The minimum atomic E-state index is -1.13. The summed E-state index contributed by atoms with van der Waals surface area (Å²) in [6.07, 6.45) is 0.0359. The van der Waals surface area contributed by atoms with Gasteiger partial charge in [-0.25, -0.2) is 0 Å². The normalized spacial score (nSPS) is 13.9. The minimum absolute atomic E-state index is 0. The monoisotopic (exact) mass is 287 g/mol. The SMILES string of the molecule is COC(C)C(C(C)=O)C(=O)O.COC(C)CC(C)=O.[B]. The predicted molar refractivity (Wildman–Crippen MR) is 75.8 cm³/mol. The molecule has 0 spiro atoms. The Balaban J connectivity index is -0.000000288. The van der Waals surface area contributed by atoms with Crippen molar-refractivity contribution in [2.45, 2.75) is 46.3 Å². The Labute approximate surface area is 122 Å². The molecule has 0 amide bonds. The van der Waals surface area contributed by atoms with Crippen LogP contribution in [0.5, 0.6) is 0 Å². The van der Waals surface area contributed by atoms with E-state index in [1.165, 1.54) is 14.0 Å². The molecule has 0 aliphatic carbocycles. The van der Waals surface area contributed by atoms with Crippen LogP contribution in [0.1, 0.15) is 34.1 Å². The van der Waals surface area contributed by atoms with Crippen molar-refractivity contribution >= 4 is 25.9 Å². The first kappa shape index (κ1) is 23.9. The molecule has 3 radical (unpaired) electrons. The molecule has 0 aromatic rings. The summed E-state index contributed by atoms with van der Waals surface area (Å²) in [5.74, 6) is -2.38. The fourth-order valence-electron chi connectivity index (χ4n) is 1.33. The van der Waals surface area contributed by atoms with Gasteiger partial charge in [0.1, 0.15) is 17.5 Å². The van der Waals surface area contributed by atoms with Gasteiger partial charge < -0.3 is 14.6 Å². The summed E-state index contributed by atoms with van der Waals surface area (Å²) in [5, 5.41) is 8.54. The molecule has 20 heavy (non-hydrogen) atoms. The molecule has 7 heteroatoms. The zero-order valence-electron chi connectivity index (χ0n) is 13.0.